The summed E-state index contributed by atoms with van der Waals surface area (Å²) in [5, 5.41) is 29.9. The summed E-state index contributed by atoms with van der Waals surface area (Å²) in [6.07, 6.45) is -1.74. The van der Waals surface area contributed by atoms with Crippen LogP contribution in [0.2, 0.25) is 0 Å². The molecule has 5 N–H and O–H groups in total. The van der Waals surface area contributed by atoms with E-state index in [-0.39, 0.29) is 30.5 Å². The SMILES string of the molecule is C[C@@H]1[C@H](CN(C)C[C@@H](O)c2cccc(O)c2)O[C@H](c2cccc(N)c2)O[C@@H]1c1ccc(CO)cc1. The number of phenols is 1. The van der Waals surface area contributed by atoms with Gasteiger partial charge in [0.25, 0.3) is 0 Å². The fraction of sp³-hybridized carbons (Fsp3) is 0.357. The summed E-state index contributed by atoms with van der Waals surface area (Å²) in [5.41, 5.74) is 10.0. The van der Waals surface area contributed by atoms with Crippen molar-refractivity contribution in [2.75, 3.05) is 25.9 Å². The fourth-order valence-electron chi connectivity index (χ4n) is 4.55. The number of likely N-dealkylation sites (N-methyl/N-ethyl adjacent to an activating group) is 1. The lowest BCUT2D eigenvalue weighted by Crippen LogP contribution is -2.44. The van der Waals surface area contributed by atoms with Gasteiger partial charge in [0.05, 0.1) is 24.9 Å². The number of rotatable bonds is 8. The highest BCUT2D eigenvalue weighted by molar-refractivity contribution is 5.41. The zero-order chi connectivity index (χ0) is 24.9. The number of hydrogen-bond acceptors (Lipinski definition) is 7. The van der Waals surface area contributed by atoms with Crippen molar-refractivity contribution in [2.45, 2.75) is 38.1 Å². The van der Waals surface area contributed by atoms with Gasteiger partial charge >= 0.3 is 0 Å². The van der Waals surface area contributed by atoms with E-state index in [1.165, 1.54) is 0 Å². The molecule has 0 spiro atoms. The van der Waals surface area contributed by atoms with Crippen LogP contribution >= 0.6 is 0 Å². The van der Waals surface area contributed by atoms with Crippen molar-refractivity contribution in [3.05, 3.63) is 95.1 Å². The molecule has 0 unspecified atom stereocenters. The Labute approximate surface area is 206 Å². The van der Waals surface area contributed by atoms with E-state index < -0.39 is 12.4 Å². The molecule has 7 nitrogen and oxygen atoms in total. The third-order valence-corrected chi connectivity index (χ3v) is 6.54. The Morgan fingerprint density at radius 1 is 0.971 bits per heavy atom. The molecular weight excluding hydrogens is 444 g/mol. The number of nitrogen functional groups attached to an aromatic ring is 1. The second-order valence-electron chi connectivity index (χ2n) is 9.32. The van der Waals surface area contributed by atoms with E-state index in [9.17, 15) is 15.3 Å². The predicted octanol–water partition coefficient (Wildman–Crippen LogP) is 3.92. The Kier molecular flexibility index (Phi) is 8.05. The lowest BCUT2D eigenvalue weighted by atomic mass is 9.90. The standard InChI is InChI=1S/C28H34N2O5/c1-18-26(16-30(2)15-25(33)21-5-4-8-24(32)14-21)34-28(22-6-3-7-23(29)13-22)35-27(18)20-11-9-19(17-31)10-12-20/h3-14,18,25-28,31-33H,15-17,29H2,1-2H3/t18-,25-,26+,27+,28+/m1/s1. The molecule has 0 radical (unpaired) electrons. The van der Waals surface area contributed by atoms with Crippen LogP contribution in [0.25, 0.3) is 0 Å². The summed E-state index contributed by atoms with van der Waals surface area (Å²) >= 11 is 0. The first-order valence-corrected chi connectivity index (χ1v) is 11.9. The first-order valence-electron chi connectivity index (χ1n) is 11.9. The van der Waals surface area contributed by atoms with Gasteiger partial charge in [-0.2, -0.15) is 0 Å². The Hall–Kier alpha value is -2.94. The van der Waals surface area contributed by atoms with Crippen LogP contribution in [0.1, 0.15) is 47.7 Å². The van der Waals surface area contributed by atoms with Gasteiger partial charge in [-0.1, -0.05) is 55.5 Å². The molecule has 1 heterocycles. The van der Waals surface area contributed by atoms with Crippen molar-refractivity contribution in [3.8, 4) is 5.75 Å². The van der Waals surface area contributed by atoms with Gasteiger partial charge in [-0.25, -0.2) is 0 Å². The van der Waals surface area contributed by atoms with Gasteiger partial charge in [0.2, 0.25) is 0 Å². The molecule has 1 aliphatic rings. The van der Waals surface area contributed by atoms with Crippen LogP contribution in [0.5, 0.6) is 5.75 Å². The predicted molar refractivity (Wildman–Crippen MR) is 134 cm³/mol. The van der Waals surface area contributed by atoms with Crippen molar-refractivity contribution in [1.29, 1.82) is 0 Å². The number of anilines is 1. The van der Waals surface area contributed by atoms with Crippen molar-refractivity contribution in [1.82, 2.24) is 4.90 Å². The number of nitrogens with zero attached hydrogens (tertiary/aromatic N) is 1. The Morgan fingerprint density at radius 2 is 1.71 bits per heavy atom. The molecule has 0 amide bonds. The van der Waals surface area contributed by atoms with E-state index in [1.54, 1.807) is 24.3 Å². The third kappa shape index (κ3) is 6.20. The molecule has 0 bridgehead atoms. The van der Waals surface area contributed by atoms with Gasteiger partial charge in [0.1, 0.15) is 5.75 Å². The van der Waals surface area contributed by atoms with Crippen molar-refractivity contribution in [2.24, 2.45) is 5.92 Å². The third-order valence-electron chi connectivity index (χ3n) is 6.54. The zero-order valence-electron chi connectivity index (χ0n) is 20.1. The molecule has 1 fully saturated rings. The molecule has 35 heavy (non-hydrogen) atoms. The molecule has 186 valence electrons. The van der Waals surface area contributed by atoms with Crippen LogP contribution < -0.4 is 5.73 Å². The largest absolute Gasteiger partial charge is 0.508 e. The maximum absolute atomic E-state index is 10.7. The number of phenolic OH excluding ortho intramolecular Hbond substituents is 1. The minimum absolute atomic E-state index is 0.00861. The Morgan fingerprint density at radius 3 is 2.40 bits per heavy atom. The molecule has 5 atom stereocenters. The molecule has 0 aliphatic carbocycles. The average molecular weight is 479 g/mol. The van der Waals surface area contributed by atoms with Crippen molar-refractivity contribution in [3.63, 3.8) is 0 Å². The molecule has 4 rings (SSSR count). The quantitative estimate of drug-likeness (QED) is 0.363. The highest BCUT2D eigenvalue weighted by Gasteiger charge is 2.39. The monoisotopic (exact) mass is 478 g/mol. The summed E-state index contributed by atoms with van der Waals surface area (Å²) in [6, 6.07) is 22.0. The van der Waals surface area contributed by atoms with Gasteiger partial charge in [0, 0.05) is 30.3 Å². The van der Waals surface area contributed by atoms with E-state index in [0.29, 0.717) is 24.3 Å². The van der Waals surface area contributed by atoms with E-state index in [2.05, 4.69) is 6.92 Å². The molecule has 3 aromatic carbocycles. The lowest BCUT2D eigenvalue weighted by molar-refractivity contribution is -0.276. The normalized spacial score (nSPS) is 23.3. The van der Waals surface area contributed by atoms with Gasteiger partial charge < -0.3 is 35.4 Å². The molecule has 7 heteroatoms. The molecule has 0 saturated carbocycles. The van der Waals surface area contributed by atoms with Gasteiger partial charge in [-0.3, -0.25) is 0 Å². The molecule has 3 aromatic rings. The highest BCUT2D eigenvalue weighted by Crippen LogP contribution is 2.42. The molecule has 1 saturated heterocycles. The molecular formula is C28H34N2O5. The van der Waals surface area contributed by atoms with E-state index in [4.69, 9.17) is 15.2 Å². The number of ether oxygens (including phenoxy) is 2. The van der Waals surface area contributed by atoms with Crippen LogP contribution in [0.15, 0.2) is 72.8 Å². The first-order chi connectivity index (χ1) is 16.8. The second kappa shape index (κ2) is 11.2. The topological polar surface area (TPSA) is 108 Å². The number of nitrogens with two attached hydrogens (primary N) is 1. The van der Waals surface area contributed by atoms with Crippen LogP contribution in [-0.2, 0) is 16.1 Å². The smallest absolute Gasteiger partial charge is 0.185 e. The van der Waals surface area contributed by atoms with Gasteiger partial charge in [-0.15, -0.1) is 0 Å². The fourth-order valence-corrected chi connectivity index (χ4v) is 4.55. The van der Waals surface area contributed by atoms with E-state index in [1.807, 2.05) is 60.5 Å². The van der Waals surface area contributed by atoms with Crippen molar-refractivity contribution >= 4 is 5.69 Å². The Bertz CT molecular complexity index is 1110. The number of benzene rings is 3. The van der Waals surface area contributed by atoms with Crippen LogP contribution in [0, 0.1) is 5.92 Å². The van der Waals surface area contributed by atoms with Crippen LogP contribution in [-0.4, -0.2) is 46.5 Å². The van der Waals surface area contributed by atoms with Crippen molar-refractivity contribution < 1.29 is 24.8 Å². The Balaban J connectivity index is 1.53. The minimum atomic E-state index is -0.742. The average Bonchev–Trinajstić information content (AvgIpc) is 2.85. The number of hydrogen-bond donors (Lipinski definition) is 4. The van der Waals surface area contributed by atoms with Crippen LogP contribution in [0.3, 0.4) is 0 Å². The summed E-state index contributed by atoms with van der Waals surface area (Å²) in [4.78, 5) is 2.03. The van der Waals surface area contributed by atoms with Crippen LogP contribution in [0.4, 0.5) is 5.69 Å². The maximum Gasteiger partial charge on any atom is 0.185 e. The van der Waals surface area contributed by atoms with Gasteiger partial charge in [0.15, 0.2) is 6.29 Å². The molecule has 0 aromatic heterocycles. The maximum atomic E-state index is 10.7. The van der Waals surface area contributed by atoms with E-state index >= 15 is 0 Å². The second-order valence-corrected chi connectivity index (χ2v) is 9.32. The lowest BCUT2D eigenvalue weighted by Gasteiger charge is -2.42. The molecule has 1 aliphatic heterocycles. The summed E-state index contributed by atoms with van der Waals surface area (Å²) in [6.45, 7) is 3.05. The minimum Gasteiger partial charge on any atom is -0.508 e. The summed E-state index contributed by atoms with van der Waals surface area (Å²) in [7, 11) is 1.94. The number of aromatic hydroxyl groups is 1. The van der Waals surface area contributed by atoms with Gasteiger partial charge in [-0.05, 0) is 48.0 Å². The first kappa shape index (κ1) is 25.2. The summed E-state index contributed by atoms with van der Waals surface area (Å²) in [5.74, 6) is 0.151. The van der Waals surface area contributed by atoms with E-state index in [0.717, 1.165) is 16.7 Å². The zero-order valence-corrected chi connectivity index (χ0v) is 20.1. The summed E-state index contributed by atoms with van der Waals surface area (Å²) < 4.78 is 12.9. The number of aliphatic hydroxyl groups excluding tert-OH is 2. The highest BCUT2D eigenvalue weighted by atomic mass is 16.7. The number of aliphatic hydroxyl groups is 2.